The Morgan fingerprint density at radius 2 is 1.88 bits per heavy atom. The Kier molecular flexibility index (Phi) is 4.11. The number of hydrogen-bond acceptors (Lipinski definition) is 6. The van der Waals surface area contributed by atoms with E-state index in [2.05, 4.69) is 4.74 Å². The van der Waals surface area contributed by atoms with Gasteiger partial charge in [0.15, 0.2) is 0 Å². The summed E-state index contributed by atoms with van der Waals surface area (Å²) in [7, 11) is 0. The first-order valence-electron chi connectivity index (χ1n) is 5.57. The number of aliphatic hydroxyl groups is 1. The maximum absolute atomic E-state index is 11.5. The van der Waals surface area contributed by atoms with Gasteiger partial charge in [-0.1, -0.05) is 0 Å². The molecule has 98 valence electrons. The van der Waals surface area contributed by atoms with Gasteiger partial charge in [0.05, 0.1) is 12.0 Å². The van der Waals surface area contributed by atoms with Crippen molar-refractivity contribution in [2.45, 2.75) is 51.4 Å². The number of hydrogen-bond donors (Lipinski definition) is 2. The molecule has 3 unspecified atom stereocenters. The van der Waals surface area contributed by atoms with Crippen LogP contribution in [0.2, 0.25) is 0 Å². The van der Waals surface area contributed by atoms with Crippen molar-refractivity contribution in [3.05, 3.63) is 0 Å². The molecule has 1 aliphatic carbocycles. The molecule has 6 heteroatoms. The third kappa shape index (κ3) is 4.32. The van der Waals surface area contributed by atoms with Gasteiger partial charge in [-0.3, -0.25) is 4.79 Å². The van der Waals surface area contributed by atoms with E-state index < -0.39 is 35.8 Å². The van der Waals surface area contributed by atoms with Gasteiger partial charge in [0.25, 0.3) is 0 Å². The van der Waals surface area contributed by atoms with Crippen molar-refractivity contribution in [3.8, 4) is 0 Å². The summed E-state index contributed by atoms with van der Waals surface area (Å²) in [6, 6.07) is -0.439. The summed E-state index contributed by atoms with van der Waals surface area (Å²) in [6.45, 7) is 5.02. The first-order valence-corrected chi connectivity index (χ1v) is 5.57. The summed E-state index contributed by atoms with van der Waals surface area (Å²) in [5.41, 5.74) is 4.86. The molecule has 6 nitrogen and oxygen atoms in total. The Morgan fingerprint density at radius 1 is 1.29 bits per heavy atom. The van der Waals surface area contributed by atoms with Crippen molar-refractivity contribution >= 4 is 12.1 Å². The second-order valence-electron chi connectivity index (χ2n) is 5.29. The van der Waals surface area contributed by atoms with Crippen LogP contribution in [-0.4, -0.2) is 35.0 Å². The van der Waals surface area contributed by atoms with Gasteiger partial charge in [-0.2, -0.15) is 0 Å². The average Bonchev–Trinajstić information content (AvgIpc) is 2.43. The molecule has 1 rings (SSSR count). The minimum Gasteiger partial charge on any atom is -0.428 e. The fourth-order valence-electron chi connectivity index (χ4n) is 1.68. The van der Waals surface area contributed by atoms with Gasteiger partial charge in [-0.25, -0.2) is 4.79 Å². The molecule has 0 heterocycles. The Labute approximate surface area is 100 Å². The lowest BCUT2D eigenvalue weighted by Crippen LogP contribution is -2.29. The first-order chi connectivity index (χ1) is 7.69. The fraction of sp³-hybridized carbons (Fsp3) is 0.818. The van der Waals surface area contributed by atoms with Gasteiger partial charge < -0.3 is 20.3 Å². The van der Waals surface area contributed by atoms with E-state index in [9.17, 15) is 14.7 Å². The zero-order valence-electron chi connectivity index (χ0n) is 10.3. The minimum absolute atomic E-state index is 0.225. The van der Waals surface area contributed by atoms with E-state index in [4.69, 9.17) is 10.5 Å². The molecule has 0 aromatic rings. The van der Waals surface area contributed by atoms with Crippen molar-refractivity contribution in [2.75, 3.05) is 0 Å². The number of nitrogens with two attached hydrogens (primary N) is 1. The smallest absolute Gasteiger partial charge is 0.428 e. The van der Waals surface area contributed by atoms with Crippen LogP contribution in [-0.2, 0) is 14.3 Å². The van der Waals surface area contributed by atoms with Crippen molar-refractivity contribution in [2.24, 2.45) is 11.7 Å². The molecule has 1 aliphatic rings. The summed E-state index contributed by atoms with van der Waals surface area (Å²) < 4.78 is 9.39. The molecule has 3 atom stereocenters. The zero-order chi connectivity index (χ0) is 13.2. The van der Waals surface area contributed by atoms with Gasteiger partial charge >= 0.3 is 12.1 Å². The number of carbonyl (C=O) groups excluding carboxylic acids is 2. The highest BCUT2D eigenvalue weighted by atomic mass is 16.7. The summed E-state index contributed by atoms with van der Waals surface area (Å²) >= 11 is 0. The molecule has 0 amide bonds. The van der Waals surface area contributed by atoms with E-state index in [0.29, 0.717) is 6.42 Å². The standard InChI is InChI=1S/C11H19NO5/c1-11(2,3)17-10(15)16-9(14)6-4-7(12)8(13)5-6/h6-8,13H,4-5,12H2,1-3H3. The Bertz CT molecular complexity index is 299. The monoisotopic (exact) mass is 245 g/mol. The number of ether oxygens (including phenoxy) is 2. The highest BCUT2D eigenvalue weighted by Gasteiger charge is 2.37. The molecule has 0 bridgehead atoms. The van der Waals surface area contributed by atoms with Crippen molar-refractivity contribution in [1.82, 2.24) is 0 Å². The Morgan fingerprint density at radius 3 is 2.29 bits per heavy atom. The number of aliphatic hydroxyl groups excluding tert-OH is 1. The summed E-state index contributed by atoms with van der Waals surface area (Å²) in [5.74, 6) is -1.22. The van der Waals surface area contributed by atoms with Crippen LogP contribution in [0.5, 0.6) is 0 Å². The van der Waals surface area contributed by atoms with Gasteiger partial charge in [-0.05, 0) is 33.6 Å². The van der Waals surface area contributed by atoms with Crippen molar-refractivity contribution in [3.63, 3.8) is 0 Å². The third-order valence-corrected chi connectivity index (χ3v) is 2.48. The van der Waals surface area contributed by atoms with Gasteiger partial charge in [0.1, 0.15) is 5.60 Å². The van der Waals surface area contributed by atoms with Gasteiger partial charge in [0, 0.05) is 6.04 Å². The van der Waals surface area contributed by atoms with Crippen LogP contribution in [0.4, 0.5) is 4.79 Å². The van der Waals surface area contributed by atoms with Crippen LogP contribution in [0.3, 0.4) is 0 Å². The van der Waals surface area contributed by atoms with Crippen molar-refractivity contribution in [1.29, 1.82) is 0 Å². The number of esters is 1. The molecule has 0 aromatic heterocycles. The van der Waals surface area contributed by atoms with Gasteiger partial charge in [0.2, 0.25) is 0 Å². The predicted molar refractivity (Wildman–Crippen MR) is 59.0 cm³/mol. The van der Waals surface area contributed by atoms with E-state index >= 15 is 0 Å². The molecule has 0 saturated heterocycles. The quantitative estimate of drug-likeness (QED) is 0.517. The molecule has 1 saturated carbocycles. The lowest BCUT2D eigenvalue weighted by atomic mass is 10.1. The molecule has 1 fully saturated rings. The maximum Gasteiger partial charge on any atom is 0.516 e. The summed E-state index contributed by atoms with van der Waals surface area (Å²) in [6.07, 6.45) is -1.19. The SMILES string of the molecule is CC(C)(C)OC(=O)OC(=O)C1CC(N)C(O)C1. The topological polar surface area (TPSA) is 98.9 Å². The van der Waals surface area contributed by atoms with Crippen LogP contribution >= 0.6 is 0 Å². The Balaban J connectivity index is 2.43. The van der Waals surface area contributed by atoms with Crippen LogP contribution < -0.4 is 5.73 Å². The molecule has 0 aromatic carbocycles. The van der Waals surface area contributed by atoms with Crippen LogP contribution in [0, 0.1) is 5.92 Å². The summed E-state index contributed by atoms with van der Waals surface area (Å²) in [5, 5.41) is 9.39. The molecule has 0 spiro atoms. The van der Waals surface area contributed by atoms with E-state index in [1.165, 1.54) is 0 Å². The van der Waals surface area contributed by atoms with E-state index in [1.54, 1.807) is 20.8 Å². The average molecular weight is 245 g/mol. The number of carbonyl (C=O) groups is 2. The fourth-order valence-corrected chi connectivity index (χ4v) is 1.68. The first kappa shape index (κ1) is 13.9. The van der Waals surface area contributed by atoms with Crippen LogP contribution in [0.1, 0.15) is 33.6 Å². The summed E-state index contributed by atoms with van der Waals surface area (Å²) in [4.78, 5) is 22.8. The third-order valence-electron chi connectivity index (χ3n) is 2.48. The largest absolute Gasteiger partial charge is 0.516 e. The second-order valence-corrected chi connectivity index (χ2v) is 5.29. The molecule has 0 radical (unpaired) electrons. The predicted octanol–water partition coefficient (Wildman–Crippen LogP) is 0.563. The molecule has 17 heavy (non-hydrogen) atoms. The van der Waals surface area contributed by atoms with Gasteiger partial charge in [-0.15, -0.1) is 0 Å². The highest BCUT2D eigenvalue weighted by molar-refractivity contribution is 5.83. The highest BCUT2D eigenvalue weighted by Crippen LogP contribution is 2.26. The van der Waals surface area contributed by atoms with Crippen LogP contribution in [0.15, 0.2) is 0 Å². The second kappa shape index (κ2) is 5.01. The molecule has 0 aliphatic heterocycles. The van der Waals surface area contributed by atoms with E-state index in [1.807, 2.05) is 0 Å². The lowest BCUT2D eigenvalue weighted by Gasteiger charge is -2.18. The van der Waals surface area contributed by atoms with Crippen molar-refractivity contribution < 1.29 is 24.2 Å². The zero-order valence-corrected chi connectivity index (χ0v) is 10.3. The normalized spacial score (nSPS) is 28.9. The van der Waals surface area contributed by atoms with E-state index in [0.717, 1.165) is 0 Å². The molecule has 3 N–H and O–H groups in total. The molecular formula is C11H19NO5. The minimum atomic E-state index is -1.02. The lowest BCUT2D eigenvalue weighted by molar-refractivity contribution is -0.146. The van der Waals surface area contributed by atoms with Crippen LogP contribution in [0.25, 0.3) is 0 Å². The maximum atomic E-state index is 11.5. The number of rotatable bonds is 1. The van der Waals surface area contributed by atoms with E-state index in [-0.39, 0.29) is 6.42 Å². The molecular weight excluding hydrogens is 226 g/mol. The Hall–Kier alpha value is -1.14.